The highest BCUT2D eigenvalue weighted by Crippen LogP contribution is 2.77. The van der Waals surface area contributed by atoms with Crippen molar-refractivity contribution in [3.8, 4) is 5.88 Å². The van der Waals surface area contributed by atoms with Crippen molar-refractivity contribution in [1.82, 2.24) is 19.5 Å². The zero-order valence-corrected chi connectivity index (χ0v) is 20.0. The Morgan fingerprint density at radius 3 is 2.81 bits per heavy atom. The number of benzene rings is 1. The fraction of sp³-hybridized carbons (Fsp3) is 0.429. The number of nitrogen functional groups attached to an aromatic ring is 1. The molecule has 1 aliphatic carbocycles. The quantitative estimate of drug-likeness (QED) is 0.335. The van der Waals surface area contributed by atoms with E-state index < -0.39 is 50.0 Å². The van der Waals surface area contributed by atoms with E-state index in [-0.39, 0.29) is 24.1 Å². The third-order valence-electron chi connectivity index (χ3n) is 6.50. The number of fused-ring (bicyclic) bond motifs is 2. The number of hydrogen-bond donors (Lipinski definition) is 2. The van der Waals surface area contributed by atoms with Crippen LogP contribution in [0.3, 0.4) is 0 Å². The average molecular weight is 519 g/mol. The van der Waals surface area contributed by atoms with E-state index in [1.54, 1.807) is 12.1 Å². The van der Waals surface area contributed by atoms with Gasteiger partial charge in [-0.1, -0.05) is 30.3 Å². The topological polar surface area (TPSA) is 179 Å². The van der Waals surface area contributed by atoms with Crippen LogP contribution >= 0.6 is 7.82 Å². The lowest BCUT2D eigenvalue weighted by Crippen LogP contribution is -2.47. The zero-order valence-electron chi connectivity index (χ0n) is 19.1. The van der Waals surface area contributed by atoms with Gasteiger partial charge in [-0.05, 0) is 12.5 Å². The first-order valence-corrected chi connectivity index (χ1v) is 12.4. The number of imidazole rings is 1. The number of nitrogens with zero attached hydrogens (tertiary/aromatic N) is 4. The first kappa shape index (κ1) is 23.3. The summed E-state index contributed by atoms with van der Waals surface area (Å²) in [4.78, 5) is 24.5. The average Bonchev–Trinajstić information content (AvgIpc) is 3.14. The van der Waals surface area contributed by atoms with Gasteiger partial charge in [0.1, 0.15) is 24.4 Å². The Labute approximate surface area is 203 Å². The standard InChI is InChI=1S/C21H22N5O9P/c1-20(28)18(26-10-23-13-16(26)24-19(22)25-17(13)30-2)33-14-15-21(14,20)35-36(29,34-15)32-9-12(27)31-8-11-6-4-3-5-7-11/h3-7,10,14-15,18,28H,8-9H2,1-2H3,(H2,22,24,25). The molecule has 190 valence electrons. The van der Waals surface area contributed by atoms with E-state index in [2.05, 4.69) is 15.0 Å². The van der Waals surface area contributed by atoms with Gasteiger partial charge >= 0.3 is 13.8 Å². The van der Waals surface area contributed by atoms with Crippen LogP contribution in [0.4, 0.5) is 5.95 Å². The van der Waals surface area contributed by atoms with E-state index in [0.717, 1.165) is 5.56 Å². The third kappa shape index (κ3) is 3.34. The third-order valence-corrected chi connectivity index (χ3v) is 7.96. The molecule has 6 rings (SSSR count). The van der Waals surface area contributed by atoms with Gasteiger partial charge in [0, 0.05) is 0 Å². The number of aromatic nitrogens is 4. The lowest BCUT2D eigenvalue weighted by Gasteiger charge is -2.32. The maximum Gasteiger partial charge on any atom is 0.476 e. The summed E-state index contributed by atoms with van der Waals surface area (Å²) < 4.78 is 47.2. The number of nitrogens with two attached hydrogens (primary N) is 1. The van der Waals surface area contributed by atoms with Gasteiger partial charge in [0.25, 0.3) is 0 Å². The predicted octanol–water partition coefficient (Wildman–Crippen LogP) is 1.10. The van der Waals surface area contributed by atoms with E-state index >= 15 is 0 Å². The van der Waals surface area contributed by atoms with Gasteiger partial charge in [-0.25, -0.2) is 14.3 Å². The molecule has 36 heavy (non-hydrogen) atoms. The van der Waals surface area contributed by atoms with E-state index in [0.29, 0.717) is 5.52 Å². The van der Waals surface area contributed by atoms with E-state index in [1.165, 1.54) is 24.9 Å². The fourth-order valence-electron chi connectivity index (χ4n) is 4.72. The van der Waals surface area contributed by atoms with Crippen LogP contribution in [0.1, 0.15) is 18.7 Å². The van der Waals surface area contributed by atoms with Gasteiger partial charge in [0.05, 0.1) is 13.4 Å². The molecule has 2 aromatic heterocycles. The second-order valence-electron chi connectivity index (χ2n) is 8.75. The van der Waals surface area contributed by atoms with Crippen LogP contribution in [-0.4, -0.2) is 67.7 Å². The predicted molar refractivity (Wildman–Crippen MR) is 119 cm³/mol. The van der Waals surface area contributed by atoms with Gasteiger partial charge in [-0.3, -0.25) is 18.1 Å². The molecule has 3 fully saturated rings. The summed E-state index contributed by atoms with van der Waals surface area (Å²) in [5, 5.41) is 11.5. The number of hydrogen-bond acceptors (Lipinski definition) is 13. The molecule has 14 nitrogen and oxygen atoms in total. The van der Waals surface area contributed by atoms with Crippen LogP contribution in [0.2, 0.25) is 0 Å². The molecule has 0 radical (unpaired) electrons. The molecule has 2 saturated heterocycles. The Balaban J connectivity index is 1.16. The summed E-state index contributed by atoms with van der Waals surface area (Å²) in [5.74, 6) is -0.649. The monoisotopic (exact) mass is 519 g/mol. The highest BCUT2D eigenvalue weighted by molar-refractivity contribution is 7.49. The van der Waals surface area contributed by atoms with Crippen LogP contribution < -0.4 is 10.5 Å². The number of aliphatic hydroxyl groups is 1. The van der Waals surface area contributed by atoms with Crippen molar-refractivity contribution in [2.75, 3.05) is 19.5 Å². The number of esters is 1. The Morgan fingerprint density at radius 2 is 2.06 bits per heavy atom. The lowest BCUT2D eigenvalue weighted by molar-refractivity contribution is -0.148. The normalized spacial score (nSPS) is 34.4. The fourth-order valence-corrected chi connectivity index (χ4v) is 6.45. The van der Waals surface area contributed by atoms with Crippen molar-refractivity contribution in [3.63, 3.8) is 0 Å². The molecule has 2 aliphatic heterocycles. The minimum absolute atomic E-state index is 0.0334. The molecule has 6 atom stereocenters. The lowest BCUT2D eigenvalue weighted by atomic mass is 9.95. The summed E-state index contributed by atoms with van der Waals surface area (Å²) in [7, 11) is -2.77. The van der Waals surface area contributed by atoms with Crippen LogP contribution in [0, 0.1) is 0 Å². The molecule has 3 N–H and O–H groups in total. The van der Waals surface area contributed by atoms with Crippen LogP contribution in [0.25, 0.3) is 11.2 Å². The SMILES string of the molecule is COc1nc(N)nc2c1ncn2C1OC2C3OP(=O)(OCC(=O)OCc4ccccc4)OC23C1(C)O. The maximum atomic E-state index is 13.1. The summed E-state index contributed by atoms with van der Waals surface area (Å²) in [6, 6.07) is 9.06. The van der Waals surface area contributed by atoms with Crippen LogP contribution in [0.5, 0.6) is 5.88 Å². The molecule has 1 saturated carbocycles. The van der Waals surface area contributed by atoms with Gasteiger partial charge < -0.3 is 25.1 Å². The molecule has 1 spiro atoms. The number of phosphoric acid groups is 1. The number of phosphoric ester groups is 1. The molecular weight excluding hydrogens is 497 g/mol. The van der Waals surface area contributed by atoms with E-state index in [4.69, 9.17) is 33.5 Å². The van der Waals surface area contributed by atoms with Crippen molar-refractivity contribution < 1.29 is 42.2 Å². The van der Waals surface area contributed by atoms with Crippen molar-refractivity contribution in [2.24, 2.45) is 0 Å². The van der Waals surface area contributed by atoms with Gasteiger partial charge in [-0.15, -0.1) is 0 Å². The van der Waals surface area contributed by atoms with E-state index in [9.17, 15) is 14.5 Å². The smallest absolute Gasteiger partial charge is 0.476 e. The van der Waals surface area contributed by atoms with Gasteiger partial charge in [0.15, 0.2) is 29.6 Å². The largest absolute Gasteiger partial charge is 0.479 e. The Morgan fingerprint density at radius 1 is 1.28 bits per heavy atom. The first-order chi connectivity index (χ1) is 17.2. The number of rotatable bonds is 7. The number of anilines is 1. The Kier molecular flexibility index (Phi) is 5.13. The molecule has 6 unspecified atom stereocenters. The van der Waals surface area contributed by atoms with Gasteiger partial charge in [0.2, 0.25) is 11.8 Å². The van der Waals surface area contributed by atoms with Crippen molar-refractivity contribution >= 4 is 30.9 Å². The van der Waals surface area contributed by atoms with E-state index in [1.807, 2.05) is 18.2 Å². The molecule has 3 aromatic rings. The molecular formula is C21H22N5O9P. The highest BCUT2D eigenvalue weighted by atomic mass is 31.2. The van der Waals surface area contributed by atoms with Gasteiger partial charge in [-0.2, -0.15) is 9.97 Å². The maximum absolute atomic E-state index is 13.1. The number of carbonyl (C=O) groups excluding carboxylic acids is 1. The molecule has 1 aromatic carbocycles. The minimum Gasteiger partial charge on any atom is -0.479 e. The van der Waals surface area contributed by atoms with Crippen molar-refractivity contribution in [1.29, 1.82) is 0 Å². The highest BCUT2D eigenvalue weighted by Gasteiger charge is 2.90. The summed E-state index contributed by atoms with van der Waals surface area (Å²) in [5.41, 5.74) is 3.90. The van der Waals surface area contributed by atoms with Crippen LogP contribution in [-0.2, 0) is 39.0 Å². The summed E-state index contributed by atoms with van der Waals surface area (Å²) >= 11 is 0. The number of methoxy groups -OCH3 is 1. The zero-order chi connectivity index (χ0) is 25.3. The summed E-state index contributed by atoms with van der Waals surface area (Å²) in [6.07, 6.45) is -1.26. The Bertz CT molecular complexity index is 1400. The number of carbonyl (C=O) groups is 1. The van der Waals surface area contributed by atoms with Crippen molar-refractivity contribution in [3.05, 3.63) is 42.2 Å². The Hall–Kier alpha value is -3.13. The molecule has 4 heterocycles. The molecule has 0 amide bonds. The minimum atomic E-state index is -4.19. The number of ether oxygens (including phenoxy) is 3. The first-order valence-electron chi connectivity index (χ1n) is 10.9. The summed E-state index contributed by atoms with van der Waals surface area (Å²) in [6.45, 7) is 0.830. The molecule has 15 heteroatoms. The molecule has 0 bridgehead atoms. The van der Waals surface area contributed by atoms with Crippen LogP contribution in [0.15, 0.2) is 36.7 Å². The van der Waals surface area contributed by atoms with Crippen molar-refractivity contribution in [2.45, 2.75) is 43.2 Å². The second kappa shape index (κ2) is 7.93. The second-order valence-corrected chi connectivity index (χ2v) is 10.3. The molecule has 3 aliphatic rings.